The van der Waals surface area contributed by atoms with E-state index in [0.717, 1.165) is 23.3 Å². The molecule has 2 amide bonds. The Labute approximate surface area is 183 Å². The predicted octanol–water partition coefficient (Wildman–Crippen LogP) is 2.70. The van der Waals surface area contributed by atoms with Gasteiger partial charge in [0.05, 0.1) is 23.6 Å². The average Bonchev–Trinajstić information content (AvgIpc) is 2.80. The number of nitro benzene ring substituents is 1. The van der Waals surface area contributed by atoms with Gasteiger partial charge in [-0.05, 0) is 23.3 Å². The van der Waals surface area contributed by atoms with Gasteiger partial charge in [0.2, 0.25) is 5.91 Å². The first-order valence-electron chi connectivity index (χ1n) is 9.62. The lowest BCUT2D eigenvalue weighted by Crippen LogP contribution is -2.37. The normalized spacial score (nSPS) is 10.8. The first-order valence-corrected chi connectivity index (χ1v) is 9.62. The highest BCUT2D eigenvalue weighted by Crippen LogP contribution is 2.26. The maximum absolute atomic E-state index is 12.9. The Balaban J connectivity index is 1.61. The maximum Gasteiger partial charge on any atom is 0.311 e. The van der Waals surface area contributed by atoms with Crippen LogP contribution in [0.3, 0.4) is 0 Å². The fourth-order valence-electron chi connectivity index (χ4n) is 3.04. The maximum atomic E-state index is 12.9. The number of hydrogen-bond acceptors (Lipinski definition) is 6. The van der Waals surface area contributed by atoms with Gasteiger partial charge >= 0.3 is 5.69 Å². The van der Waals surface area contributed by atoms with Gasteiger partial charge in [0.1, 0.15) is 0 Å². The zero-order chi connectivity index (χ0) is 22.9. The van der Waals surface area contributed by atoms with E-state index in [0.29, 0.717) is 5.56 Å². The summed E-state index contributed by atoms with van der Waals surface area (Å²) < 4.78 is 0. The molecule has 0 fully saturated rings. The first kappa shape index (κ1) is 22.2. The molecule has 3 N–H and O–H groups in total. The Morgan fingerprint density at radius 3 is 2.16 bits per heavy atom. The van der Waals surface area contributed by atoms with Crippen molar-refractivity contribution in [2.45, 2.75) is 5.92 Å². The molecule has 162 valence electrons. The van der Waals surface area contributed by atoms with Crippen LogP contribution in [-0.2, 0) is 9.59 Å². The van der Waals surface area contributed by atoms with Crippen molar-refractivity contribution in [3.05, 3.63) is 106 Å². The quantitative estimate of drug-likeness (QED) is 0.286. The van der Waals surface area contributed by atoms with Gasteiger partial charge in [-0.25, -0.2) is 5.43 Å². The second-order valence-electron chi connectivity index (χ2n) is 6.77. The number of nitrogens with zero attached hydrogens (tertiary/aromatic N) is 2. The number of hydrogen-bond donors (Lipinski definition) is 3. The van der Waals surface area contributed by atoms with E-state index in [9.17, 15) is 24.8 Å². The van der Waals surface area contributed by atoms with Crippen LogP contribution in [0.25, 0.3) is 0 Å². The van der Waals surface area contributed by atoms with Crippen molar-refractivity contribution < 1.29 is 19.6 Å². The van der Waals surface area contributed by atoms with E-state index in [2.05, 4.69) is 15.8 Å². The zero-order valence-corrected chi connectivity index (χ0v) is 16.8. The molecule has 9 nitrogen and oxygen atoms in total. The second-order valence-corrected chi connectivity index (χ2v) is 6.77. The third-order valence-electron chi connectivity index (χ3n) is 4.55. The summed E-state index contributed by atoms with van der Waals surface area (Å²) in [6.45, 7) is -0.304. The van der Waals surface area contributed by atoms with Gasteiger partial charge in [-0.2, -0.15) is 5.10 Å². The highest BCUT2D eigenvalue weighted by atomic mass is 16.6. The number of rotatable bonds is 8. The smallest absolute Gasteiger partial charge is 0.311 e. The summed E-state index contributed by atoms with van der Waals surface area (Å²) in [6.07, 6.45) is 1.20. The molecule has 3 rings (SSSR count). The number of amides is 2. The number of nitrogens with one attached hydrogen (secondary N) is 2. The van der Waals surface area contributed by atoms with Crippen molar-refractivity contribution in [2.24, 2.45) is 5.10 Å². The fourth-order valence-corrected chi connectivity index (χ4v) is 3.04. The molecule has 0 bridgehead atoms. The molecule has 0 aromatic heterocycles. The number of phenols is 1. The molecular formula is C23H20N4O5. The molecule has 9 heteroatoms. The molecule has 0 heterocycles. The number of aromatic hydroxyl groups is 1. The molecule has 0 aliphatic heterocycles. The molecule has 3 aromatic rings. The van der Waals surface area contributed by atoms with Crippen LogP contribution in [0.15, 0.2) is 84.0 Å². The molecule has 0 saturated heterocycles. The second kappa shape index (κ2) is 10.5. The van der Waals surface area contributed by atoms with Gasteiger partial charge in [-0.3, -0.25) is 19.7 Å². The number of carbonyl (C=O) groups is 2. The lowest BCUT2D eigenvalue weighted by Gasteiger charge is -2.17. The van der Waals surface area contributed by atoms with E-state index in [4.69, 9.17) is 0 Å². The molecule has 3 aromatic carbocycles. The van der Waals surface area contributed by atoms with Crippen LogP contribution in [0.2, 0.25) is 0 Å². The molecule has 0 aliphatic rings. The first-order chi connectivity index (χ1) is 15.5. The Bertz CT molecular complexity index is 1090. The molecule has 0 saturated carbocycles. The summed E-state index contributed by atoms with van der Waals surface area (Å²) in [6, 6.07) is 22.2. The van der Waals surface area contributed by atoms with E-state index >= 15 is 0 Å². The monoisotopic (exact) mass is 432 g/mol. The topological polar surface area (TPSA) is 134 Å². The van der Waals surface area contributed by atoms with Crippen molar-refractivity contribution in [1.29, 1.82) is 0 Å². The third kappa shape index (κ3) is 5.76. The average molecular weight is 432 g/mol. The van der Waals surface area contributed by atoms with Gasteiger partial charge in [-0.15, -0.1) is 0 Å². The summed E-state index contributed by atoms with van der Waals surface area (Å²) in [5.74, 6) is -1.95. The number of benzene rings is 3. The van der Waals surface area contributed by atoms with Crippen LogP contribution < -0.4 is 10.7 Å². The minimum absolute atomic E-state index is 0.304. The fraction of sp³-hybridized carbons (Fsp3) is 0.0870. The molecule has 0 atom stereocenters. The Kier molecular flexibility index (Phi) is 7.26. The molecule has 0 unspecified atom stereocenters. The summed E-state index contributed by atoms with van der Waals surface area (Å²) in [5.41, 5.74) is 3.68. The van der Waals surface area contributed by atoms with E-state index in [-0.39, 0.29) is 12.5 Å². The summed E-state index contributed by atoms with van der Waals surface area (Å²) in [5, 5.41) is 26.7. The summed E-state index contributed by atoms with van der Waals surface area (Å²) >= 11 is 0. The van der Waals surface area contributed by atoms with Crippen molar-refractivity contribution in [3.63, 3.8) is 0 Å². The Hall–Kier alpha value is -4.53. The standard InChI is InChI=1S/C23H20N4O5/c28-20-12-11-16(13-19(20)27(31)32)14-25-26-21(29)15-24-23(30)22(17-7-3-1-4-8-17)18-9-5-2-6-10-18/h1-14,22,28H,15H2,(H,24,30)(H,26,29)/b25-14+. The minimum atomic E-state index is -0.726. The van der Waals surface area contributed by atoms with Gasteiger partial charge in [0.15, 0.2) is 5.75 Å². The SMILES string of the molecule is O=C(CNC(=O)C(c1ccccc1)c1ccccc1)N/N=C/c1ccc(O)c([N+](=O)[O-])c1. The van der Waals surface area contributed by atoms with E-state index in [1.54, 1.807) is 0 Å². The van der Waals surface area contributed by atoms with Crippen molar-refractivity contribution in [3.8, 4) is 5.75 Å². The van der Waals surface area contributed by atoms with Crippen molar-refractivity contribution >= 4 is 23.7 Å². The van der Waals surface area contributed by atoms with E-state index in [1.807, 2.05) is 60.7 Å². The predicted molar refractivity (Wildman–Crippen MR) is 118 cm³/mol. The molecular weight excluding hydrogens is 412 g/mol. The molecule has 0 radical (unpaired) electrons. The van der Waals surface area contributed by atoms with Crippen LogP contribution in [0.4, 0.5) is 5.69 Å². The highest BCUT2D eigenvalue weighted by molar-refractivity contribution is 5.91. The lowest BCUT2D eigenvalue weighted by molar-refractivity contribution is -0.385. The van der Waals surface area contributed by atoms with E-state index < -0.39 is 28.2 Å². The number of carbonyl (C=O) groups excluding carboxylic acids is 2. The minimum Gasteiger partial charge on any atom is -0.502 e. The number of hydrazone groups is 1. The lowest BCUT2D eigenvalue weighted by atomic mass is 9.90. The van der Waals surface area contributed by atoms with Crippen molar-refractivity contribution in [1.82, 2.24) is 10.7 Å². The Morgan fingerprint density at radius 2 is 1.59 bits per heavy atom. The van der Waals surface area contributed by atoms with Crippen LogP contribution in [-0.4, -0.2) is 34.6 Å². The molecule has 0 spiro atoms. The van der Waals surface area contributed by atoms with E-state index in [1.165, 1.54) is 12.3 Å². The zero-order valence-electron chi connectivity index (χ0n) is 16.8. The Morgan fingerprint density at radius 1 is 1.00 bits per heavy atom. The molecule has 0 aliphatic carbocycles. The largest absolute Gasteiger partial charge is 0.502 e. The summed E-state index contributed by atoms with van der Waals surface area (Å²) in [4.78, 5) is 35.1. The number of phenolic OH excluding ortho intramolecular Hbond substituents is 1. The van der Waals surface area contributed by atoms with Crippen LogP contribution in [0, 0.1) is 10.1 Å². The van der Waals surface area contributed by atoms with Gasteiger partial charge in [-0.1, -0.05) is 60.7 Å². The third-order valence-corrected chi connectivity index (χ3v) is 4.55. The highest BCUT2D eigenvalue weighted by Gasteiger charge is 2.22. The van der Waals surface area contributed by atoms with Gasteiger partial charge in [0.25, 0.3) is 5.91 Å². The van der Waals surface area contributed by atoms with Crippen LogP contribution in [0.5, 0.6) is 5.75 Å². The van der Waals surface area contributed by atoms with Crippen molar-refractivity contribution in [2.75, 3.05) is 6.54 Å². The molecule has 32 heavy (non-hydrogen) atoms. The van der Waals surface area contributed by atoms with Crippen LogP contribution in [0.1, 0.15) is 22.6 Å². The van der Waals surface area contributed by atoms with Gasteiger partial charge < -0.3 is 10.4 Å². The summed E-state index contributed by atoms with van der Waals surface area (Å²) in [7, 11) is 0. The van der Waals surface area contributed by atoms with Crippen LogP contribution >= 0.6 is 0 Å². The van der Waals surface area contributed by atoms with Gasteiger partial charge in [0, 0.05) is 11.6 Å². The number of nitro groups is 1.